The van der Waals surface area contributed by atoms with Crippen LogP contribution >= 0.6 is 22.6 Å². The van der Waals surface area contributed by atoms with Gasteiger partial charge in [0.2, 0.25) is 0 Å². The van der Waals surface area contributed by atoms with E-state index in [2.05, 4.69) is 47.4 Å². The highest BCUT2D eigenvalue weighted by Crippen LogP contribution is 2.19. The van der Waals surface area contributed by atoms with Crippen LogP contribution in [0.2, 0.25) is 0 Å². The van der Waals surface area contributed by atoms with Gasteiger partial charge in [-0.2, -0.15) is 0 Å². The summed E-state index contributed by atoms with van der Waals surface area (Å²) in [5, 5.41) is 0. The molecule has 90 valence electrons. The van der Waals surface area contributed by atoms with Gasteiger partial charge in [0, 0.05) is 6.54 Å². The van der Waals surface area contributed by atoms with Crippen LogP contribution in [-0.4, -0.2) is 31.1 Å². The summed E-state index contributed by atoms with van der Waals surface area (Å²) in [5.41, 5.74) is 0. The zero-order valence-electron chi connectivity index (χ0n) is 10.1. The van der Waals surface area contributed by atoms with Crippen molar-refractivity contribution in [3.05, 3.63) is 27.8 Å². The maximum Gasteiger partial charge on any atom is 0.132 e. The molecular weight excluding hydrogens is 313 g/mol. The van der Waals surface area contributed by atoms with Gasteiger partial charge in [-0.25, -0.2) is 0 Å². The smallest absolute Gasteiger partial charge is 0.132 e. The maximum absolute atomic E-state index is 5.74. The lowest BCUT2D eigenvalue weighted by Gasteiger charge is -2.17. The lowest BCUT2D eigenvalue weighted by atomic mass is 10.3. The first-order chi connectivity index (χ1) is 7.77. The molecule has 0 aliphatic rings. The highest BCUT2D eigenvalue weighted by molar-refractivity contribution is 14.1. The Bertz CT molecular complexity index is 300. The Balaban J connectivity index is 2.23. The van der Waals surface area contributed by atoms with Crippen molar-refractivity contribution in [3.8, 4) is 5.75 Å². The van der Waals surface area contributed by atoms with Crippen LogP contribution in [0, 0.1) is 3.57 Å². The first-order valence-electron chi connectivity index (χ1n) is 5.87. The summed E-state index contributed by atoms with van der Waals surface area (Å²) in [5.74, 6) is 1.00. The highest BCUT2D eigenvalue weighted by atomic mass is 127. The summed E-state index contributed by atoms with van der Waals surface area (Å²) in [7, 11) is 0. The van der Waals surface area contributed by atoms with Gasteiger partial charge >= 0.3 is 0 Å². The Morgan fingerprint density at radius 2 is 1.88 bits per heavy atom. The molecule has 0 atom stereocenters. The average molecular weight is 333 g/mol. The van der Waals surface area contributed by atoms with E-state index in [1.54, 1.807) is 0 Å². The van der Waals surface area contributed by atoms with Crippen molar-refractivity contribution in [3.63, 3.8) is 0 Å². The van der Waals surface area contributed by atoms with Gasteiger partial charge in [0.1, 0.15) is 5.75 Å². The van der Waals surface area contributed by atoms with Gasteiger partial charge in [-0.3, -0.25) is 0 Å². The molecule has 16 heavy (non-hydrogen) atoms. The third-order valence-electron chi connectivity index (χ3n) is 2.61. The monoisotopic (exact) mass is 333 g/mol. The first-order valence-corrected chi connectivity index (χ1v) is 6.95. The molecule has 3 heteroatoms. The third kappa shape index (κ3) is 4.70. The van der Waals surface area contributed by atoms with Gasteiger partial charge in [0.15, 0.2) is 0 Å². The van der Waals surface area contributed by atoms with Crippen molar-refractivity contribution >= 4 is 22.6 Å². The molecule has 0 bridgehead atoms. The van der Waals surface area contributed by atoms with Gasteiger partial charge in [-0.1, -0.05) is 26.0 Å². The molecule has 0 spiro atoms. The van der Waals surface area contributed by atoms with E-state index < -0.39 is 0 Å². The topological polar surface area (TPSA) is 12.5 Å². The van der Waals surface area contributed by atoms with E-state index in [0.717, 1.165) is 38.4 Å². The second kappa shape index (κ2) is 7.90. The van der Waals surface area contributed by atoms with Crippen LogP contribution in [0.4, 0.5) is 0 Å². The van der Waals surface area contributed by atoms with Gasteiger partial charge < -0.3 is 9.64 Å². The minimum Gasteiger partial charge on any atom is -0.492 e. The lowest BCUT2D eigenvalue weighted by Crippen LogP contribution is -2.25. The quantitative estimate of drug-likeness (QED) is 0.560. The summed E-state index contributed by atoms with van der Waals surface area (Å²) >= 11 is 2.30. The Labute approximate surface area is 112 Å². The normalized spacial score (nSPS) is 10.8. The minimum atomic E-state index is 0.802. The SMILES string of the molecule is CCN(CC)CCCOc1ccccc1I. The van der Waals surface area contributed by atoms with Gasteiger partial charge in [-0.15, -0.1) is 0 Å². The average Bonchev–Trinajstić information content (AvgIpc) is 2.31. The van der Waals surface area contributed by atoms with Crippen molar-refractivity contribution in [1.82, 2.24) is 4.90 Å². The third-order valence-corrected chi connectivity index (χ3v) is 3.50. The molecule has 0 amide bonds. The molecule has 0 unspecified atom stereocenters. The predicted octanol–water partition coefficient (Wildman–Crippen LogP) is 3.40. The van der Waals surface area contributed by atoms with E-state index in [1.165, 1.54) is 3.57 Å². The van der Waals surface area contributed by atoms with Gasteiger partial charge in [0.05, 0.1) is 10.2 Å². The van der Waals surface area contributed by atoms with E-state index in [4.69, 9.17) is 4.74 Å². The van der Waals surface area contributed by atoms with Crippen molar-refractivity contribution in [2.24, 2.45) is 0 Å². The van der Waals surface area contributed by atoms with E-state index >= 15 is 0 Å². The molecule has 0 fully saturated rings. The molecular formula is C13H20INO. The second-order valence-corrected chi connectivity index (χ2v) is 4.82. The van der Waals surface area contributed by atoms with E-state index in [0.29, 0.717) is 0 Å². The van der Waals surface area contributed by atoms with Crippen molar-refractivity contribution in [1.29, 1.82) is 0 Å². The molecule has 0 saturated heterocycles. The molecule has 1 rings (SSSR count). The number of halogens is 1. The zero-order valence-corrected chi connectivity index (χ0v) is 12.2. The molecule has 1 aromatic carbocycles. The van der Waals surface area contributed by atoms with Crippen LogP contribution in [0.3, 0.4) is 0 Å². The van der Waals surface area contributed by atoms with Crippen LogP contribution in [0.25, 0.3) is 0 Å². The van der Waals surface area contributed by atoms with E-state index in [-0.39, 0.29) is 0 Å². The molecule has 2 nitrogen and oxygen atoms in total. The fourth-order valence-electron chi connectivity index (χ4n) is 1.57. The number of benzene rings is 1. The fraction of sp³-hybridized carbons (Fsp3) is 0.538. The summed E-state index contributed by atoms with van der Waals surface area (Å²) in [6.07, 6.45) is 1.09. The van der Waals surface area contributed by atoms with Crippen molar-refractivity contribution in [2.75, 3.05) is 26.2 Å². The molecule has 0 radical (unpaired) electrons. The molecule has 0 saturated carbocycles. The lowest BCUT2D eigenvalue weighted by molar-refractivity contribution is 0.248. The van der Waals surface area contributed by atoms with Crippen LogP contribution in [-0.2, 0) is 0 Å². The predicted molar refractivity (Wildman–Crippen MR) is 77.1 cm³/mol. The van der Waals surface area contributed by atoms with Crippen molar-refractivity contribution < 1.29 is 4.74 Å². The van der Waals surface area contributed by atoms with Crippen LogP contribution in [0.15, 0.2) is 24.3 Å². The summed E-state index contributed by atoms with van der Waals surface area (Å²) < 4.78 is 6.93. The number of nitrogens with zero attached hydrogens (tertiary/aromatic N) is 1. The summed E-state index contributed by atoms with van der Waals surface area (Å²) in [4.78, 5) is 2.42. The zero-order chi connectivity index (χ0) is 11.8. The van der Waals surface area contributed by atoms with Crippen molar-refractivity contribution in [2.45, 2.75) is 20.3 Å². The van der Waals surface area contributed by atoms with Crippen LogP contribution < -0.4 is 4.74 Å². The molecule has 0 N–H and O–H groups in total. The largest absolute Gasteiger partial charge is 0.492 e. The number of rotatable bonds is 7. The summed E-state index contributed by atoms with van der Waals surface area (Å²) in [6, 6.07) is 8.14. The number of ether oxygens (including phenoxy) is 1. The minimum absolute atomic E-state index is 0.802. The Kier molecular flexibility index (Phi) is 6.80. The van der Waals surface area contributed by atoms with Gasteiger partial charge in [0.25, 0.3) is 0 Å². The number of para-hydroxylation sites is 1. The standard InChI is InChI=1S/C13H20INO/c1-3-15(4-2)10-7-11-16-13-9-6-5-8-12(13)14/h5-6,8-9H,3-4,7,10-11H2,1-2H3. The molecule has 0 aliphatic carbocycles. The Hall–Kier alpha value is -0.290. The second-order valence-electron chi connectivity index (χ2n) is 3.66. The molecule has 0 aliphatic heterocycles. The highest BCUT2D eigenvalue weighted by Gasteiger charge is 2.01. The molecule has 0 heterocycles. The van der Waals surface area contributed by atoms with Crippen LogP contribution in [0.1, 0.15) is 20.3 Å². The van der Waals surface area contributed by atoms with E-state index in [1.807, 2.05) is 18.2 Å². The van der Waals surface area contributed by atoms with Gasteiger partial charge in [-0.05, 0) is 54.2 Å². The maximum atomic E-state index is 5.74. The Morgan fingerprint density at radius 1 is 1.19 bits per heavy atom. The van der Waals surface area contributed by atoms with E-state index in [9.17, 15) is 0 Å². The summed E-state index contributed by atoms with van der Waals surface area (Å²) in [6.45, 7) is 8.57. The first kappa shape index (κ1) is 13.8. The number of hydrogen-bond acceptors (Lipinski definition) is 2. The molecule has 0 aromatic heterocycles. The Morgan fingerprint density at radius 3 is 2.50 bits per heavy atom. The fourth-order valence-corrected chi connectivity index (χ4v) is 2.12. The number of hydrogen-bond donors (Lipinski definition) is 0. The van der Waals surface area contributed by atoms with Crippen LogP contribution in [0.5, 0.6) is 5.75 Å². The molecule has 1 aromatic rings.